The van der Waals surface area contributed by atoms with Crippen LogP contribution < -0.4 is 4.74 Å². The van der Waals surface area contributed by atoms with Crippen LogP contribution in [0, 0.1) is 0 Å². The van der Waals surface area contributed by atoms with Gasteiger partial charge in [-0.15, -0.1) is 0 Å². The number of methoxy groups -OCH3 is 1. The molecule has 1 heterocycles. The van der Waals surface area contributed by atoms with Crippen molar-refractivity contribution in [3.05, 3.63) is 23.2 Å². The molecule has 0 aromatic heterocycles. The normalized spacial score (nSPS) is 24.6. The number of benzene rings is 1. The van der Waals surface area contributed by atoms with E-state index in [-0.39, 0.29) is 22.1 Å². The third-order valence-electron chi connectivity index (χ3n) is 3.15. The van der Waals surface area contributed by atoms with Gasteiger partial charge in [0.15, 0.2) is 0 Å². The maximum atomic E-state index is 12.6. The Morgan fingerprint density at radius 3 is 2.40 bits per heavy atom. The Kier molecular flexibility index (Phi) is 4.59. The Labute approximate surface area is 124 Å². The van der Waals surface area contributed by atoms with E-state index in [2.05, 4.69) is 0 Å². The molecule has 1 aliphatic heterocycles. The van der Waals surface area contributed by atoms with E-state index in [9.17, 15) is 8.42 Å². The van der Waals surface area contributed by atoms with Gasteiger partial charge in [0.1, 0.15) is 5.75 Å². The third kappa shape index (κ3) is 3.09. The van der Waals surface area contributed by atoms with Crippen LogP contribution in [-0.4, -0.2) is 45.1 Å². The molecule has 0 unspecified atom stereocenters. The maximum absolute atomic E-state index is 12.6. The van der Waals surface area contributed by atoms with Gasteiger partial charge in [0.25, 0.3) is 0 Å². The van der Waals surface area contributed by atoms with E-state index in [0.29, 0.717) is 18.8 Å². The Balaban J connectivity index is 2.32. The standard InChI is InChI=1S/C13H18ClNO4S/c1-9-7-15(8-10(2)19-9)20(16,17)11-4-5-13(18-3)12(14)6-11/h4-6,9-10H,7-8H2,1-3H3/t9-,10-/m1/s1. The Morgan fingerprint density at radius 1 is 1.30 bits per heavy atom. The molecule has 1 fully saturated rings. The Bertz CT molecular complexity index is 580. The van der Waals surface area contributed by atoms with Crippen LogP contribution in [0.1, 0.15) is 13.8 Å². The van der Waals surface area contributed by atoms with Gasteiger partial charge in [-0.3, -0.25) is 0 Å². The molecule has 1 saturated heterocycles. The highest BCUT2D eigenvalue weighted by Gasteiger charge is 2.32. The van der Waals surface area contributed by atoms with Crippen molar-refractivity contribution < 1.29 is 17.9 Å². The van der Waals surface area contributed by atoms with Crippen molar-refractivity contribution in [3.63, 3.8) is 0 Å². The Morgan fingerprint density at radius 2 is 1.90 bits per heavy atom. The molecule has 5 nitrogen and oxygen atoms in total. The predicted octanol–water partition coefficient (Wildman–Crippen LogP) is 2.15. The van der Waals surface area contributed by atoms with Crippen molar-refractivity contribution in [3.8, 4) is 5.75 Å². The zero-order chi connectivity index (χ0) is 14.9. The first-order valence-electron chi connectivity index (χ1n) is 6.33. The summed E-state index contributed by atoms with van der Waals surface area (Å²) < 4.78 is 37.2. The molecule has 1 aliphatic rings. The largest absolute Gasteiger partial charge is 0.495 e. The first kappa shape index (κ1) is 15.6. The van der Waals surface area contributed by atoms with Gasteiger partial charge in [0.05, 0.1) is 29.2 Å². The zero-order valence-corrected chi connectivity index (χ0v) is 13.2. The second kappa shape index (κ2) is 5.89. The van der Waals surface area contributed by atoms with E-state index in [1.54, 1.807) is 6.07 Å². The fourth-order valence-corrected chi connectivity index (χ4v) is 4.22. The van der Waals surface area contributed by atoms with Crippen LogP contribution in [0.5, 0.6) is 5.75 Å². The second-order valence-electron chi connectivity index (χ2n) is 4.88. The highest BCUT2D eigenvalue weighted by molar-refractivity contribution is 7.89. The predicted molar refractivity (Wildman–Crippen MR) is 76.8 cm³/mol. The molecule has 0 saturated carbocycles. The highest BCUT2D eigenvalue weighted by atomic mass is 35.5. The van der Waals surface area contributed by atoms with Crippen LogP contribution in [0.15, 0.2) is 23.1 Å². The van der Waals surface area contributed by atoms with Crippen LogP contribution in [0.3, 0.4) is 0 Å². The van der Waals surface area contributed by atoms with Crippen molar-refractivity contribution in [1.29, 1.82) is 0 Å². The lowest BCUT2D eigenvalue weighted by atomic mass is 10.3. The van der Waals surface area contributed by atoms with Gasteiger partial charge in [-0.05, 0) is 32.0 Å². The van der Waals surface area contributed by atoms with Crippen molar-refractivity contribution in [2.24, 2.45) is 0 Å². The lowest BCUT2D eigenvalue weighted by Gasteiger charge is -2.34. The minimum Gasteiger partial charge on any atom is -0.495 e. The van der Waals surface area contributed by atoms with E-state index in [0.717, 1.165) is 0 Å². The molecule has 7 heteroatoms. The van der Waals surface area contributed by atoms with E-state index in [4.69, 9.17) is 21.1 Å². The fourth-order valence-electron chi connectivity index (χ4n) is 2.28. The second-order valence-corrected chi connectivity index (χ2v) is 7.22. The lowest BCUT2D eigenvalue weighted by Crippen LogP contribution is -2.48. The van der Waals surface area contributed by atoms with E-state index < -0.39 is 10.0 Å². The number of hydrogen-bond donors (Lipinski definition) is 0. The zero-order valence-electron chi connectivity index (χ0n) is 11.7. The van der Waals surface area contributed by atoms with Gasteiger partial charge in [-0.25, -0.2) is 8.42 Å². The maximum Gasteiger partial charge on any atom is 0.243 e. The van der Waals surface area contributed by atoms with Gasteiger partial charge in [-0.2, -0.15) is 4.31 Å². The summed E-state index contributed by atoms with van der Waals surface area (Å²) in [6.07, 6.45) is -0.246. The third-order valence-corrected chi connectivity index (χ3v) is 5.27. The summed E-state index contributed by atoms with van der Waals surface area (Å²) in [5.41, 5.74) is 0. The fraction of sp³-hybridized carbons (Fsp3) is 0.538. The summed E-state index contributed by atoms with van der Waals surface area (Å²) in [7, 11) is -2.08. The molecular formula is C13H18ClNO4S. The number of sulfonamides is 1. The van der Waals surface area contributed by atoms with Crippen LogP contribution >= 0.6 is 11.6 Å². The molecule has 0 radical (unpaired) electrons. The summed E-state index contributed by atoms with van der Waals surface area (Å²) >= 11 is 6.00. The summed E-state index contributed by atoms with van der Waals surface area (Å²) in [6.45, 7) is 4.41. The average molecular weight is 320 g/mol. The van der Waals surface area contributed by atoms with Crippen molar-refractivity contribution >= 4 is 21.6 Å². The van der Waals surface area contributed by atoms with Gasteiger partial charge in [0.2, 0.25) is 10.0 Å². The van der Waals surface area contributed by atoms with E-state index in [1.807, 2.05) is 13.8 Å². The molecule has 112 valence electrons. The quantitative estimate of drug-likeness (QED) is 0.856. The summed E-state index contributed by atoms with van der Waals surface area (Å²) in [5, 5.41) is 0.280. The number of rotatable bonds is 3. The van der Waals surface area contributed by atoms with Crippen molar-refractivity contribution in [1.82, 2.24) is 4.31 Å². The summed E-state index contributed by atoms with van der Waals surface area (Å²) in [5.74, 6) is 0.453. The minimum atomic E-state index is -3.56. The molecule has 1 aromatic rings. The molecule has 0 bridgehead atoms. The van der Waals surface area contributed by atoms with Crippen LogP contribution in [0.4, 0.5) is 0 Å². The van der Waals surface area contributed by atoms with Gasteiger partial charge in [0, 0.05) is 13.1 Å². The SMILES string of the molecule is COc1ccc(S(=O)(=O)N2C[C@@H](C)O[C@H](C)C2)cc1Cl. The van der Waals surface area contributed by atoms with Gasteiger partial charge < -0.3 is 9.47 Å². The van der Waals surface area contributed by atoms with Crippen LogP contribution in [0.25, 0.3) is 0 Å². The first-order valence-corrected chi connectivity index (χ1v) is 8.15. The number of nitrogens with zero attached hydrogens (tertiary/aromatic N) is 1. The van der Waals surface area contributed by atoms with Gasteiger partial charge in [-0.1, -0.05) is 11.6 Å². The summed E-state index contributed by atoms with van der Waals surface area (Å²) in [4.78, 5) is 0.171. The molecule has 0 amide bonds. The number of morpholine rings is 1. The number of halogens is 1. The molecule has 0 aliphatic carbocycles. The smallest absolute Gasteiger partial charge is 0.243 e. The van der Waals surface area contributed by atoms with Gasteiger partial charge >= 0.3 is 0 Å². The molecule has 1 aromatic carbocycles. The highest BCUT2D eigenvalue weighted by Crippen LogP contribution is 2.29. The number of hydrogen-bond acceptors (Lipinski definition) is 4. The van der Waals surface area contributed by atoms with Crippen LogP contribution in [-0.2, 0) is 14.8 Å². The van der Waals surface area contributed by atoms with E-state index in [1.165, 1.54) is 23.5 Å². The average Bonchev–Trinajstić information content (AvgIpc) is 2.37. The molecule has 0 N–H and O–H groups in total. The Hall–Kier alpha value is -0.820. The molecule has 0 spiro atoms. The molecule has 20 heavy (non-hydrogen) atoms. The molecule has 2 rings (SSSR count). The molecular weight excluding hydrogens is 302 g/mol. The minimum absolute atomic E-state index is 0.123. The topological polar surface area (TPSA) is 55.8 Å². The van der Waals surface area contributed by atoms with Crippen LogP contribution in [0.2, 0.25) is 5.02 Å². The van der Waals surface area contributed by atoms with E-state index >= 15 is 0 Å². The molecule has 2 atom stereocenters. The lowest BCUT2D eigenvalue weighted by molar-refractivity contribution is -0.0440. The monoisotopic (exact) mass is 319 g/mol. The summed E-state index contributed by atoms with van der Waals surface area (Å²) in [6, 6.07) is 4.48. The van der Waals surface area contributed by atoms with Crippen molar-refractivity contribution in [2.75, 3.05) is 20.2 Å². The number of ether oxygens (including phenoxy) is 2. The van der Waals surface area contributed by atoms with Crippen molar-refractivity contribution in [2.45, 2.75) is 31.0 Å². The first-order chi connectivity index (χ1) is 9.34.